The van der Waals surface area contributed by atoms with Crippen molar-refractivity contribution >= 4 is 0 Å². The normalized spacial score (nSPS) is 32.1. The van der Waals surface area contributed by atoms with Gasteiger partial charge in [-0.1, -0.05) is 13.3 Å². The van der Waals surface area contributed by atoms with Crippen LogP contribution in [0.25, 0.3) is 0 Å². The van der Waals surface area contributed by atoms with Crippen molar-refractivity contribution in [1.29, 1.82) is 0 Å². The maximum atomic E-state index is 3.65. The molecule has 2 fully saturated rings. The molecule has 2 rings (SSSR count). The van der Waals surface area contributed by atoms with Gasteiger partial charge in [0.25, 0.3) is 0 Å². The summed E-state index contributed by atoms with van der Waals surface area (Å²) in [7, 11) is 2.22. The van der Waals surface area contributed by atoms with Crippen LogP contribution in [0.1, 0.15) is 26.2 Å². The van der Waals surface area contributed by atoms with Gasteiger partial charge < -0.3 is 10.2 Å². The molecule has 1 saturated carbocycles. The highest BCUT2D eigenvalue weighted by molar-refractivity contribution is 4.75. The zero-order valence-corrected chi connectivity index (χ0v) is 11.6. The molecule has 2 unspecified atom stereocenters. The van der Waals surface area contributed by atoms with Gasteiger partial charge in [0.05, 0.1) is 0 Å². The Balaban J connectivity index is 1.49. The van der Waals surface area contributed by atoms with Gasteiger partial charge in [-0.3, -0.25) is 4.90 Å². The van der Waals surface area contributed by atoms with Gasteiger partial charge in [0.15, 0.2) is 0 Å². The largest absolute Gasteiger partial charge is 0.315 e. The Labute approximate surface area is 107 Å². The quantitative estimate of drug-likeness (QED) is 0.729. The van der Waals surface area contributed by atoms with Crippen LogP contribution in [0.15, 0.2) is 0 Å². The molecule has 1 N–H and O–H groups in total. The van der Waals surface area contributed by atoms with Gasteiger partial charge in [-0.25, -0.2) is 0 Å². The third-order valence-electron chi connectivity index (χ3n) is 4.44. The number of rotatable bonds is 5. The highest BCUT2D eigenvalue weighted by Gasteiger charge is 2.20. The average Bonchev–Trinajstić information content (AvgIpc) is 2.73. The van der Waals surface area contributed by atoms with Crippen LogP contribution in [0, 0.1) is 11.8 Å². The smallest absolute Gasteiger partial charge is 0.0110 e. The third kappa shape index (κ3) is 4.57. The van der Waals surface area contributed by atoms with Crippen molar-refractivity contribution in [2.24, 2.45) is 11.8 Å². The summed E-state index contributed by atoms with van der Waals surface area (Å²) in [5.74, 6) is 1.93. The number of nitrogens with zero attached hydrogens (tertiary/aromatic N) is 2. The molecule has 1 saturated heterocycles. The molecule has 2 aliphatic rings. The number of piperazine rings is 1. The predicted molar refractivity (Wildman–Crippen MR) is 73.3 cm³/mol. The molecule has 17 heavy (non-hydrogen) atoms. The van der Waals surface area contributed by atoms with E-state index < -0.39 is 0 Å². The van der Waals surface area contributed by atoms with Crippen molar-refractivity contribution < 1.29 is 0 Å². The second-order valence-electron chi connectivity index (χ2n) is 6.13. The zero-order chi connectivity index (χ0) is 12.1. The van der Waals surface area contributed by atoms with Crippen LogP contribution in [-0.4, -0.2) is 62.7 Å². The summed E-state index contributed by atoms with van der Waals surface area (Å²) in [6.45, 7) is 11.0. The molecule has 1 aliphatic heterocycles. The number of likely N-dealkylation sites (N-methyl/N-ethyl adjacent to an activating group) is 1. The van der Waals surface area contributed by atoms with Crippen LogP contribution in [0.5, 0.6) is 0 Å². The lowest BCUT2D eigenvalue weighted by molar-refractivity contribution is 0.154. The van der Waals surface area contributed by atoms with E-state index in [0.717, 1.165) is 11.8 Å². The monoisotopic (exact) mass is 239 g/mol. The molecule has 0 aromatic carbocycles. The van der Waals surface area contributed by atoms with E-state index in [1.54, 1.807) is 0 Å². The van der Waals surface area contributed by atoms with Crippen LogP contribution >= 0.6 is 0 Å². The van der Waals surface area contributed by atoms with Crippen LogP contribution in [0.4, 0.5) is 0 Å². The van der Waals surface area contributed by atoms with E-state index in [9.17, 15) is 0 Å². The van der Waals surface area contributed by atoms with Crippen molar-refractivity contribution in [3.05, 3.63) is 0 Å². The molecule has 0 aromatic heterocycles. The van der Waals surface area contributed by atoms with Gasteiger partial charge in [0.2, 0.25) is 0 Å². The van der Waals surface area contributed by atoms with Crippen molar-refractivity contribution in [2.75, 3.05) is 52.9 Å². The molecule has 3 nitrogen and oxygen atoms in total. The Hall–Kier alpha value is -0.120. The Morgan fingerprint density at radius 1 is 1.12 bits per heavy atom. The van der Waals surface area contributed by atoms with E-state index in [4.69, 9.17) is 0 Å². The molecular weight excluding hydrogens is 210 g/mol. The molecule has 0 spiro atoms. The maximum Gasteiger partial charge on any atom is 0.0110 e. The first kappa shape index (κ1) is 13.3. The second kappa shape index (κ2) is 6.72. The molecule has 0 bridgehead atoms. The van der Waals surface area contributed by atoms with Crippen molar-refractivity contribution in [2.45, 2.75) is 26.2 Å². The molecule has 100 valence electrons. The summed E-state index contributed by atoms with van der Waals surface area (Å²) in [5.41, 5.74) is 0. The SMILES string of the molecule is CC1CCC(CNCCN2CCN(C)CC2)C1. The number of nitrogens with one attached hydrogen (secondary N) is 1. The van der Waals surface area contributed by atoms with E-state index in [0.29, 0.717) is 0 Å². The number of hydrogen-bond donors (Lipinski definition) is 1. The first-order valence-corrected chi connectivity index (χ1v) is 7.35. The van der Waals surface area contributed by atoms with Gasteiger partial charge in [-0.2, -0.15) is 0 Å². The summed E-state index contributed by atoms with van der Waals surface area (Å²) in [6.07, 6.45) is 4.34. The molecule has 1 heterocycles. The average molecular weight is 239 g/mol. The Morgan fingerprint density at radius 3 is 2.53 bits per heavy atom. The van der Waals surface area contributed by atoms with Crippen LogP contribution in [-0.2, 0) is 0 Å². The summed E-state index contributed by atoms with van der Waals surface area (Å²) >= 11 is 0. The van der Waals surface area contributed by atoms with Crippen LogP contribution in [0.3, 0.4) is 0 Å². The molecule has 0 aromatic rings. The third-order valence-corrected chi connectivity index (χ3v) is 4.44. The molecule has 3 heteroatoms. The fraction of sp³-hybridized carbons (Fsp3) is 1.00. The topological polar surface area (TPSA) is 18.5 Å². The van der Waals surface area contributed by atoms with Gasteiger partial charge in [0.1, 0.15) is 0 Å². The van der Waals surface area contributed by atoms with E-state index in [2.05, 4.69) is 29.1 Å². The minimum atomic E-state index is 0.956. The lowest BCUT2D eigenvalue weighted by atomic mass is 10.1. The fourth-order valence-corrected chi connectivity index (χ4v) is 3.13. The van der Waals surface area contributed by atoms with Gasteiger partial charge in [-0.05, 0) is 38.3 Å². The predicted octanol–water partition coefficient (Wildman–Crippen LogP) is 1.26. The lowest BCUT2D eigenvalue weighted by Crippen LogP contribution is -2.46. The van der Waals surface area contributed by atoms with Gasteiger partial charge in [0, 0.05) is 39.3 Å². The van der Waals surface area contributed by atoms with Gasteiger partial charge in [-0.15, -0.1) is 0 Å². The fourth-order valence-electron chi connectivity index (χ4n) is 3.13. The first-order valence-electron chi connectivity index (χ1n) is 7.35. The summed E-state index contributed by atoms with van der Waals surface area (Å²) in [4.78, 5) is 5.01. The molecule has 1 aliphatic carbocycles. The van der Waals surface area contributed by atoms with E-state index >= 15 is 0 Å². The Bertz CT molecular complexity index is 212. The van der Waals surface area contributed by atoms with Crippen molar-refractivity contribution in [3.8, 4) is 0 Å². The Morgan fingerprint density at radius 2 is 1.88 bits per heavy atom. The summed E-state index contributed by atoms with van der Waals surface area (Å²) in [5, 5.41) is 3.65. The second-order valence-corrected chi connectivity index (χ2v) is 6.13. The van der Waals surface area contributed by atoms with Crippen molar-refractivity contribution in [3.63, 3.8) is 0 Å². The zero-order valence-electron chi connectivity index (χ0n) is 11.6. The van der Waals surface area contributed by atoms with E-state index in [1.165, 1.54) is 65.1 Å². The highest BCUT2D eigenvalue weighted by atomic mass is 15.2. The minimum Gasteiger partial charge on any atom is -0.315 e. The Kier molecular flexibility index (Phi) is 5.26. The lowest BCUT2D eigenvalue weighted by Gasteiger charge is -2.32. The molecular formula is C14H29N3. The first-order chi connectivity index (χ1) is 8.24. The van der Waals surface area contributed by atoms with Crippen LogP contribution < -0.4 is 5.32 Å². The standard InChI is InChI=1S/C14H29N3/c1-13-3-4-14(11-13)12-15-5-6-17-9-7-16(2)8-10-17/h13-15H,3-12H2,1-2H3. The van der Waals surface area contributed by atoms with Crippen molar-refractivity contribution in [1.82, 2.24) is 15.1 Å². The molecule has 0 amide bonds. The minimum absolute atomic E-state index is 0.956. The molecule has 0 radical (unpaired) electrons. The summed E-state index contributed by atoms with van der Waals surface area (Å²) < 4.78 is 0. The summed E-state index contributed by atoms with van der Waals surface area (Å²) in [6, 6.07) is 0. The van der Waals surface area contributed by atoms with E-state index in [1.807, 2.05) is 0 Å². The van der Waals surface area contributed by atoms with Gasteiger partial charge >= 0.3 is 0 Å². The van der Waals surface area contributed by atoms with E-state index in [-0.39, 0.29) is 0 Å². The van der Waals surface area contributed by atoms with Crippen LogP contribution in [0.2, 0.25) is 0 Å². The molecule has 2 atom stereocenters. The highest BCUT2D eigenvalue weighted by Crippen LogP contribution is 2.29. The number of hydrogen-bond acceptors (Lipinski definition) is 3. The maximum absolute atomic E-state index is 3.65.